The number of sulfonamides is 1. The van der Waals surface area contributed by atoms with Gasteiger partial charge in [-0.15, -0.1) is 0 Å². The Kier molecular flexibility index (Phi) is 6.84. The second-order valence-corrected chi connectivity index (χ2v) is 7.98. The Hall–Kier alpha value is -0.910. The van der Waals surface area contributed by atoms with E-state index in [-0.39, 0.29) is 22.2 Å². The van der Waals surface area contributed by atoms with Crippen LogP contribution in [0.4, 0.5) is 0 Å². The van der Waals surface area contributed by atoms with Gasteiger partial charge in [-0.05, 0) is 25.1 Å². The number of hydrogen-bond acceptors (Lipinski definition) is 4. The standard InChI is InChI=1S/C13H17ClN2O3S2/c1-10(9-20(2)17)16-21(18,19)13-6-5-11(4-3-7-15)8-12(13)14/h5-6,8,10,16H,7,9,15H2,1-2H3. The Morgan fingerprint density at radius 2 is 2.14 bits per heavy atom. The Morgan fingerprint density at radius 1 is 1.48 bits per heavy atom. The van der Waals surface area contributed by atoms with E-state index in [1.54, 1.807) is 13.0 Å². The number of rotatable bonds is 5. The molecule has 0 bridgehead atoms. The minimum Gasteiger partial charge on any atom is -0.320 e. The SMILES string of the molecule is CC(CS(C)=O)NS(=O)(=O)c1ccc(C#CCN)cc1Cl. The van der Waals surface area contributed by atoms with Crippen LogP contribution in [0.2, 0.25) is 5.02 Å². The summed E-state index contributed by atoms with van der Waals surface area (Å²) in [7, 11) is -4.85. The van der Waals surface area contributed by atoms with Crippen molar-refractivity contribution in [1.82, 2.24) is 4.72 Å². The first kappa shape index (κ1) is 18.1. The zero-order valence-electron chi connectivity index (χ0n) is 11.7. The lowest BCUT2D eigenvalue weighted by atomic mass is 10.2. The minimum atomic E-state index is -3.76. The Balaban J connectivity index is 3.01. The second kappa shape index (κ2) is 7.92. The molecule has 2 unspecified atom stereocenters. The van der Waals surface area contributed by atoms with Crippen molar-refractivity contribution in [3.8, 4) is 11.8 Å². The lowest BCUT2D eigenvalue weighted by Gasteiger charge is -2.14. The average molecular weight is 349 g/mol. The molecule has 0 aliphatic rings. The van der Waals surface area contributed by atoms with Gasteiger partial charge in [0.25, 0.3) is 0 Å². The van der Waals surface area contributed by atoms with Crippen molar-refractivity contribution in [2.24, 2.45) is 5.73 Å². The molecule has 0 aliphatic carbocycles. The van der Waals surface area contributed by atoms with Gasteiger partial charge in [-0.25, -0.2) is 13.1 Å². The molecule has 1 aromatic rings. The van der Waals surface area contributed by atoms with E-state index in [1.165, 1.54) is 18.4 Å². The van der Waals surface area contributed by atoms with Gasteiger partial charge in [0.15, 0.2) is 0 Å². The molecular weight excluding hydrogens is 332 g/mol. The molecule has 116 valence electrons. The van der Waals surface area contributed by atoms with Crippen LogP contribution < -0.4 is 10.5 Å². The quantitative estimate of drug-likeness (QED) is 0.766. The molecule has 0 amide bonds. The summed E-state index contributed by atoms with van der Waals surface area (Å²) in [6, 6.07) is 3.97. The Labute approximate surface area is 132 Å². The van der Waals surface area contributed by atoms with Crippen LogP contribution in [0.15, 0.2) is 23.1 Å². The Bertz CT molecular complexity index is 693. The molecule has 0 aliphatic heterocycles. The summed E-state index contributed by atoms with van der Waals surface area (Å²) in [4.78, 5) is -0.0313. The topological polar surface area (TPSA) is 89.3 Å². The third-order valence-electron chi connectivity index (χ3n) is 2.40. The van der Waals surface area contributed by atoms with Crippen molar-refractivity contribution in [2.45, 2.75) is 17.9 Å². The van der Waals surface area contributed by atoms with E-state index >= 15 is 0 Å². The van der Waals surface area contributed by atoms with Crippen LogP contribution in [0.5, 0.6) is 0 Å². The summed E-state index contributed by atoms with van der Waals surface area (Å²) in [5, 5.41) is 0.0798. The molecule has 0 saturated carbocycles. The number of halogens is 1. The van der Waals surface area contributed by atoms with Gasteiger partial charge in [-0.3, -0.25) is 4.21 Å². The first-order chi connectivity index (χ1) is 9.76. The van der Waals surface area contributed by atoms with Crippen LogP contribution in [0, 0.1) is 11.8 Å². The van der Waals surface area contributed by atoms with Gasteiger partial charge in [-0.1, -0.05) is 23.4 Å². The summed E-state index contributed by atoms with van der Waals surface area (Å²) >= 11 is 6.00. The highest BCUT2D eigenvalue weighted by molar-refractivity contribution is 7.89. The van der Waals surface area contributed by atoms with Gasteiger partial charge < -0.3 is 5.73 Å². The fourth-order valence-corrected chi connectivity index (χ4v) is 4.35. The zero-order valence-corrected chi connectivity index (χ0v) is 14.1. The fraction of sp³-hybridized carbons (Fsp3) is 0.385. The first-order valence-corrected chi connectivity index (χ1v) is 9.66. The monoisotopic (exact) mass is 348 g/mol. The van der Waals surface area contributed by atoms with E-state index in [4.69, 9.17) is 17.3 Å². The van der Waals surface area contributed by atoms with Crippen molar-refractivity contribution in [3.63, 3.8) is 0 Å². The molecule has 1 aromatic carbocycles. The summed E-state index contributed by atoms with van der Waals surface area (Å²) in [5.74, 6) is 5.67. The molecule has 1 rings (SSSR count). The van der Waals surface area contributed by atoms with E-state index in [0.717, 1.165) is 0 Å². The van der Waals surface area contributed by atoms with Crippen molar-refractivity contribution >= 4 is 32.4 Å². The van der Waals surface area contributed by atoms with Gasteiger partial charge in [0.1, 0.15) is 4.90 Å². The number of nitrogens with two attached hydrogens (primary N) is 1. The van der Waals surface area contributed by atoms with Gasteiger partial charge in [0.2, 0.25) is 10.0 Å². The summed E-state index contributed by atoms with van der Waals surface area (Å²) < 4.78 is 38.0. The molecule has 0 saturated heterocycles. The van der Waals surface area contributed by atoms with Crippen LogP contribution in [-0.4, -0.2) is 37.2 Å². The molecule has 5 nitrogen and oxygen atoms in total. The third kappa shape index (κ3) is 5.77. The summed E-state index contributed by atoms with van der Waals surface area (Å²) in [6.07, 6.45) is 1.52. The maximum absolute atomic E-state index is 12.2. The van der Waals surface area contributed by atoms with E-state index in [2.05, 4.69) is 16.6 Å². The van der Waals surface area contributed by atoms with Crippen LogP contribution in [-0.2, 0) is 20.8 Å². The highest BCUT2D eigenvalue weighted by Gasteiger charge is 2.21. The highest BCUT2D eigenvalue weighted by atomic mass is 35.5. The van der Waals surface area contributed by atoms with Gasteiger partial charge in [-0.2, -0.15) is 0 Å². The third-order valence-corrected chi connectivity index (χ3v) is 5.44. The first-order valence-electron chi connectivity index (χ1n) is 6.07. The van der Waals surface area contributed by atoms with Gasteiger partial charge in [0, 0.05) is 34.4 Å². The predicted molar refractivity (Wildman–Crippen MR) is 86.1 cm³/mol. The van der Waals surface area contributed by atoms with Crippen LogP contribution >= 0.6 is 11.6 Å². The molecule has 0 radical (unpaired) electrons. The van der Waals surface area contributed by atoms with E-state index in [0.29, 0.717) is 5.56 Å². The summed E-state index contributed by atoms with van der Waals surface area (Å²) in [6.45, 7) is 1.86. The number of hydrogen-bond donors (Lipinski definition) is 2. The maximum atomic E-state index is 12.2. The number of benzene rings is 1. The molecule has 3 N–H and O–H groups in total. The molecule has 0 heterocycles. The van der Waals surface area contributed by atoms with E-state index in [9.17, 15) is 12.6 Å². The predicted octanol–water partition coefficient (Wildman–Crippen LogP) is 0.696. The molecule has 21 heavy (non-hydrogen) atoms. The fourth-order valence-electron chi connectivity index (χ4n) is 1.66. The number of nitrogens with one attached hydrogen (secondary N) is 1. The van der Waals surface area contributed by atoms with Crippen molar-refractivity contribution in [2.75, 3.05) is 18.6 Å². The smallest absolute Gasteiger partial charge is 0.242 e. The lowest BCUT2D eigenvalue weighted by molar-refractivity contribution is 0.570. The van der Waals surface area contributed by atoms with Crippen molar-refractivity contribution in [3.05, 3.63) is 28.8 Å². The molecule has 0 fully saturated rings. The highest BCUT2D eigenvalue weighted by Crippen LogP contribution is 2.22. The van der Waals surface area contributed by atoms with E-state index < -0.39 is 26.9 Å². The second-order valence-electron chi connectivity index (χ2n) is 4.41. The van der Waals surface area contributed by atoms with Crippen LogP contribution in [0.3, 0.4) is 0 Å². The van der Waals surface area contributed by atoms with E-state index in [1.807, 2.05) is 0 Å². The zero-order chi connectivity index (χ0) is 16.0. The van der Waals surface area contributed by atoms with Gasteiger partial charge >= 0.3 is 0 Å². The van der Waals surface area contributed by atoms with Crippen LogP contribution in [0.1, 0.15) is 12.5 Å². The van der Waals surface area contributed by atoms with Crippen LogP contribution in [0.25, 0.3) is 0 Å². The molecule has 0 spiro atoms. The summed E-state index contributed by atoms with van der Waals surface area (Å²) in [5.41, 5.74) is 5.86. The maximum Gasteiger partial charge on any atom is 0.242 e. The molecule has 2 atom stereocenters. The van der Waals surface area contributed by atoms with Crippen molar-refractivity contribution < 1.29 is 12.6 Å². The van der Waals surface area contributed by atoms with Gasteiger partial charge in [0.05, 0.1) is 11.6 Å². The lowest BCUT2D eigenvalue weighted by Crippen LogP contribution is -2.36. The van der Waals surface area contributed by atoms with Crippen molar-refractivity contribution in [1.29, 1.82) is 0 Å². The molecule has 0 aromatic heterocycles. The normalized spacial score (nSPS) is 14.1. The molecule has 8 heteroatoms. The Morgan fingerprint density at radius 3 is 2.67 bits per heavy atom. The largest absolute Gasteiger partial charge is 0.320 e. The average Bonchev–Trinajstić information content (AvgIpc) is 2.34. The molecular formula is C13H17ClN2O3S2. The minimum absolute atomic E-state index is 0.0313.